The van der Waals surface area contributed by atoms with Crippen LogP contribution in [0.25, 0.3) is 0 Å². The number of carbonyl (C=O) groups excluding carboxylic acids is 3. The normalized spacial score (nSPS) is 15.7. The van der Waals surface area contributed by atoms with Crippen LogP contribution in [0.3, 0.4) is 0 Å². The predicted octanol–water partition coefficient (Wildman–Crippen LogP) is 1.40. The van der Waals surface area contributed by atoms with Gasteiger partial charge < -0.3 is 14.8 Å². The number of rotatable bonds is 6. The van der Waals surface area contributed by atoms with Crippen molar-refractivity contribution in [2.45, 2.75) is 32.7 Å². The van der Waals surface area contributed by atoms with Gasteiger partial charge in [-0.25, -0.2) is 0 Å². The molecule has 2 rings (SSSR count). The van der Waals surface area contributed by atoms with Crippen molar-refractivity contribution in [3.05, 3.63) is 24.3 Å². The summed E-state index contributed by atoms with van der Waals surface area (Å²) >= 11 is 0. The molecule has 0 aromatic heterocycles. The van der Waals surface area contributed by atoms with Crippen LogP contribution in [0.1, 0.15) is 27.2 Å². The Hall–Kier alpha value is -3.08. The minimum Gasteiger partial charge on any atom is -0.491 e. The molecule has 1 aliphatic heterocycles. The maximum absolute atomic E-state index is 12.3. The fraction of sp³-hybridized carbons (Fsp3) is 0.474. The van der Waals surface area contributed by atoms with E-state index in [2.05, 4.69) is 5.32 Å². The number of hydrogen-bond donors (Lipinski definition) is 1. The zero-order valence-electron chi connectivity index (χ0n) is 15.7. The van der Waals surface area contributed by atoms with Crippen molar-refractivity contribution in [2.24, 2.45) is 5.92 Å². The van der Waals surface area contributed by atoms with Crippen LogP contribution in [0.15, 0.2) is 24.3 Å². The highest BCUT2D eigenvalue weighted by molar-refractivity contribution is 5.99. The van der Waals surface area contributed by atoms with Gasteiger partial charge in [-0.15, -0.1) is 0 Å². The molecule has 27 heavy (non-hydrogen) atoms. The monoisotopic (exact) mass is 373 g/mol. The third kappa shape index (κ3) is 4.97. The summed E-state index contributed by atoms with van der Waals surface area (Å²) in [5.41, 5.74) is -0.571. The lowest BCUT2D eigenvalue weighted by atomic mass is 9.90. The molecule has 144 valence electrons. The maximum atomic E-state index is 12.3. The SMILES string of the molecule is CC(C)[C@@](C)(C#N)NC(=O)COC(=O)CN1C(=O)CCOc2ccccc21. The Balaban J connectivity index is 1.97. The summed E-state index contributed by atoms with van der Waals surface area (Å²) < 4.78 is 10.5. The van der Waals surface area contributed by atoms with Gasteiger partial charge in [0.2, 0.25) is 5.91 Å². The van der Waals surface area contributed by atoms with Crippen molar-refractivity contribution >= 4 is 23.5 Å². The molecule has 0 saturated carbocycles. The fourth-order valence-electron chi connectivity index (χ4n) is 2.44. The minimum absolute atomic E-state index is 0.117. The van der Waals surface area contributed by atoms with E-state index in [1.54, 1.807) is 45.0 Å². The van der Waals surface area contributed by atoms with E-state index in [-0.39, 0.29) is 31.4 Å². The largest absolute Gasteiger partial charge is 0.491 e. The Kier molecular flexibility index (Phi) is 6.40. The molecule has 8 nitrogen and oxygen atoms in total. The molecule has 0 aliphatic carbocycles. The summed E-state index contributed by atoms with van der Waals surface area (Å²) in [6.45, 7) is 4.59. The first-order valence-corrected chi connectivity index (χ1v) is 8.67. The zero-order chi connectivity index (χ0) is 20.0. The highest BCUT2D eigenvalue weighted by Gasteiger charge is 2.30. The molecule has 1 aromatic rings. The smallest absolute Gasteiger partial charge is 0.326 e. The van der Waals surface area contributed by atoms with Gasteiger partial charge >= 0.3 is 5.97 Å². The highest BCUT2D eigenvalue weighted by atomic mass is 16.5. The summed E-state index contributed by atoms with van der Waals surface area (Å²) in [6.07, 6.45) is 0.136. The second-order valence-electron chi connectivity index (χ2n) is 6.72. The summed E-state index contributed by atoms with van der Waals surface area (Å²) in [5, 5.41) is 11.8. The van der Waals surface area contributed by atoms with E-state index in [0.717, 1.165) is 0 Å². The van der Waals surface area contributed by atoms with E-state index in [4.69, 9.17) is 9.47 Å². The first-order valence-electron chi connectivity index (χ1n) is 8.67. The third-order valence-corrected chi connectivity index (χ3v) is 4.47. The summed E-state index contributed by atoms with van der Waals surface area (Å²) in [6, 6.07) is 8.95. The number of benzene rings is 1. The summed E-state index contributed by atoms with van der Waals surface area (Å²) in [4.78, 5) is 37.7. The van der Waals surface area contributed by atoms with Gasteiger partial charge in [-0.05, 0) is 25.0 Å². The van der Waals surface area contributed by atoms with Crippen molar-refractivity contribution in [2.75, 3.05) is 24.7 Å². The lowest BCUT2D eigenvalue weighted by molar-refractivity contribution is -0.148. The molecule has 0 spiro atoms. The van der Waals surface area contributed by atoms with Crippen molar-refractivity contribution in [3.63, 3.8) is 0 Å². The molecular weight excluding hydrogens is 350 g/mol. The number of hydrogen-bond acceptors (Lipinski definition) is 6. The van der Waals surface area contributed by atoms with E-state index in [9.17, 15) is 19.6 Å². The minimum atomic E-state index is -1.06. The first-order chi connectivity index (χ1) is 12.8. The number of anilines is 1. The molecule has 2 amide bonds. The van der Waals surface area contributed by atoms with Crippen LogP contribution in [0.5, 0.6) is 5.75 Å². The van der Waals surface area contributed by atoms with Crippen LogP contribution in [-0.2, 0) is 19.1 Å². The number of nitrogens with zero attached hydrogens (tertiary/aromatic N) is 2. The first kappa shape index (κ1) is 20.2. The van der Waals surface area contributed by atoms with Gasteiger partial charge in [0.15, 0.2) is 6.61 Å². The van der Waals surface area contributed by atoms with Gasteiger partial charge in [0, 0.05) is 0 Å². The summed E-state index contributed by atoms with van der Waals surface area (Å²) in [7, 11) is 0. The van der Waals surface area contributed by atoms with E-state index in [0.29, 0.717) is 11.4 Å². The van der Waals surface area contributed by atoms with Crippen LogP contribution >= 0.6 is 0 Å². The number of fused-ring (bicyclic) bond motifs is 1. The van der Waals surface area contributed by atoms with Gasteiger partial charge in [0.05, 0.1) is 24.8 Å². The third-order valence-electron chi connectivity index (χ3n) is 4.47. The van der Waals surface area contributed by atoms with Gasteiger partial charge in [-0.2, -0.15) is 5.26 Å². The van der Waals surface area contributed by atoms with E-state index in [1.165, 1.54) is 4.90 Å². The van der Waals surface area contributed by atoms with Crippen molar-refractivity contribution in [1.82, 2.24) is 5.32 Å². The summed E-state index contributed by atoms with van der Waals surface area (Å²) in [5.74, 6) is -1.17. The van der Waals surface area contributed by atoms with E-state index < -0.39 is 24.0 Å². The Morgan fingerprint density at radius 2 is 2.11 bits per heavy atom. The molecule has 8 heteroatoms. The number of nitrogens with one attached hydrogen (secondary N) is 1. The van der Waals surface area contributed by atoms with Crippen LogP contribution in [0, 0.1) is 17.2 Å². The van der Waals surface area contributed by atoms with Crippen molar-refractivity contribution < 1.29 is 23.9 Å². The quantitative estimate of drug-likeness (QED) is 0.755. The number of amides is 2. The van der Waals surface area contributed by atoms with E-state index >= 15 is 0 Å². The topological polar surface area (TPSA) is 109 Å². The second kappa shape index (κ2) is 8.54. The molecule has 1 heterocycles. The van der Waals surface area contributed by atoms with Crippen LogP contribution in [0.2, 0.25) is 0 Å². The molecule has 1 atom stereocenters. The number of esters is 1. The average molecular weight is 373 g/mol. The zero-order valence-corrected chi connectivity index (χ0v) is 15.7. The number of nitriles is 1. The maximum Gasteiger partial charge on any atom is 0.326 e. The Labute approximate surface area is 158 Å². The Morgan fingerprint density at radius 1 is 1.41 bits per heavy atom. The molecule has 1 N–H and O–H groups in total. The number of ether oxygens (including phenoxy) is 2. The molecule has 0 radical (unpaired) electrons. The van der Waals surface area contributed by atoms with Gasteiger partial charge in [0.25, 0.3) is 5.91 Å². The van der Waals surface area contributed by atoms with E-state index in [1.807, 2.05) is 6.07 Å². The molecule has 0 bridgehead atoms. The molecule has 1 aromatic carbocycles. The molecule has 0 fully saturated rings. The Bertz CT molecular complexity index is 771. The van der Waals surface area contributed by atoms with Gasteiger partial charge in [-0.3, -0.25) is 19.3 Å². The van der Waals surface area contributed by atoms with Crippen LogP contribution in [-0.4, -0.2) is 43.1 Å². The van der Waals surface area contributed by atoms with Crippen LogP contribution in [0.4, 0.5) is 5.69 Å². The number of carbonyl (C=O) groups is 3. The molecule has 0 saturated heterocycles. The van der Waals surface area contributed by atoms with Crippen molar-refractivity contribution in [1.29, 1.82) is 5.26 Å². The standard InChI is InChI=1S/C19H23N3O5/c1-13(2)19(3,12-20)21-16(23)11-27-18(25)10-22-14-6-4-5-7-15(14)26-9-8-17(22)24/h4-7,13H,8-11H2,1-3H3,(H,21,23)/t19-/m1/s1. The highest BCUT2D eigenvalue weighted by Crippen LogP contribution is 2.30. The fourth-order valence-corrected chi connectivity index (χ4v) is 2.44. The lowest BCUT2D eigenvalue weighted by Gasteiger charge is -2.27. The second-order valence-corrected chi connectivity index (χ2v) is 6.72. The van der Waals surface area contributed by atoms with Crippen LogP contribution < -0.4 is 15.0 Å². The Morgan fingerprint density at radius 3 is 2.78 bits per heavy atom. The molecule has 1 aliphatic rings. The number of para-hydroxylation sites is 2. The lowest BCUT2D eigenvalue weighted by Crippen LogP contribution is -2.50. The molecular formula is C19H23N3O5. The predicted molar refractivity (Wildman–Crippen MR) is 96.9 cm³/mol. The van der Waals surface area contributed by atoms with Gasteiger partial charge in [0.1, 0.15) is 17.8 Å². The van der Waals surface area contributed by atoms with Gasteiger partial charge in [-0.1, -0.05) is 26.0 Å². The average Bonchev–Trinajstić information content (AvgIpc) is 2.79. The van der Waals surface area contributed by atoms with Crippen molar-refractivity contribution in [3.8, 4) is 11.8 Å². The molecule has 0 unspecified atom stereocenters.